The fraction of sp³-hybridized carbons (Fsp3) is 0.548. The van der Waals surface area contributed by atoms with E-state index < -0.39 is 29.2 Å². The molecule has 4 atom stereocenters. The Labute approximate surface area is 246 Å². The zero-order valence-corrected chi connectivity index (χ0v) is 25.0. The lowest BCUT2D eigenvalue weighted by atomic mass is 9.62. The van der Waals surface area contributed by atoms with Gasteiger partial charge in [0, 0.05) is 35.8 Å². The summed E-state index contributed by atoms with van der Waals surface area (Å²) in [6, 6.07) is 8.96. The molecule has 3 heterocycles. The molecule has 0 radical (unpaired) electrons. The van der Waals surface area contributed by atoms with Crippen molar-refractivity contribution in [3.8, 4) is 0 Å². The van der Waals surface area contributed by atoms with Gasteiger partial charge in [0.05, 0.1) is 11.1 Å². The van der Waals surface area contributed by atoms with Crippen LogP contribution in [-0.2, 0) is 15.0 Å². The first-order chi connectivity index (χ1) is 19.0. The average molecular weight is 590 g/mol. The zero-order valence-electron chi connectivity index (χ0n) is 23.5. The fourth-order valence-corrected chi connectivity index (χ4v) is 7.30. The molecule has 2 fully saturated rings. The van der Waals surface area contributed by atoms with Gasteiger partial charge in [-0.05, 0) is 73.2 Å². The molecule has 2 amide bonds. The maximum absolute atomic E-state index is 15.0. The molecule has 6 nitrogen and oxygen atoms in total. The normalized spacial score (nSPS) is 26.9. The van der Waals surface area contributed by atoms with Gasteiger partial charge in [0.25, 0.3) is 0 Å². The van der Waals surface area contributed by atoms with Crippen molar-refractivity contribution in [2.24, 2.45) is 5.41 Å². The first kappa shape index (κ1) is 29.3. The molecule has 3 N–H and O–H groups in total. The number of anilines is 1. The number of halogens is 3. The van der Waals surface area contributed by atoms with Crippen LogP contribution in [0, 0.1) is 11.2 Å². The minimum absolute atomic E-state index is 0.0588. The lowest BCUT2D eigenvalue weighted by Crippen LogP contribution is -2.49. The summed E-state index contributed by atoms with van der Waals surface area (Å²) in [4.78, 5) is 30.5. The number of fused-ring (bicyclic) bond motifs is 2. The topological polar surface area (TPSA) is 73.5 Å². The van der Waals surface area contributed by atoms with Crippen molar-refractivity contribution in [2.45, 2.75) is 76.3 Å². The monoisotopic (exact) mass is 588 g/mol. The number of likely N-dealkylation sites (tertiary alicyclic amines) is 1. The van der Waals surface area contributed by atoms with E-state index in [4.69, 9.17) is 23.2 Å². The van der Waals surface area contributed by atoms with E-state index in [-0.39, 0.29) is 22.3 Å². The first-order valence-corrected chi connectivity index (χ1v) is 15.1. The van der Waals surface area contributed by atoms with Gasteiger partial charge < -0.3 is 20.9 Å². The average Bonchev–Trinajstić information content (AvgIpc) is 3.19. The molecule has 0 saturated carbocycles. The van der Waals surface area contributed by atoms with E-state index in [2.05, 4.69) is 41.6 Å². The summed E-state index contributed by atoms with van der Waals surface area (Å²) in [6.07, 6.45) is 5.45. The van der Waals surface area contributed by atoms with Gasteiger partial charge in [-0.15, -0.1) is 0 Å². The van der Waals surface area contributed by atoms with Gasteiger partial charge in [-0.2, -0.15) is 0 Å². The Bertz CT molecular complexity index is 1270. The Morgan fingerprint density at radius 1 is 1.12 bits per heavy atom. The maximum atomic E-state index is 15.0. The number of amides is 2. The van der Waals surface area contributed by atoms with Gasteiger partial charge in [-0.3, -0.25) is 9.59 Å². The molecule has 0 bridgehead atoms. The van der Waals surface area contributed by atoms with Crippen LogP contribution in [0.15, 0.2) is 36.4 Å². The largest absolute Gasteiger partial charge is 0.353 e. The fourth-order valence-electron chi connectivity index (χ4n) is 6.94. The first-order valence-electron chi connectivity index (χ1n) is 14.3. The van der Waals surface area contributed by atoms with Crippen LogP contribution >= 0.6 is 23.2 Å². The summed E-state index contributed by atoms with van der Waals surface area (Å²) in [5.74, 6) is -1.67. The maximum Gasteiger partial charge on any atom is 0.237 e. The number of benzene rings is 2. The molecule has 3 aliphatic rings. The lowest BCUT2D eigenvalue weighted by Gasteiger charge is -2.37. The van der Waals surface area contributed by atoms with Crippen LogP contribution in [0.4, 0.5) is 10.1 Å². The third kappa shape index (κ3) is 5.63. The van der Waals surface area contributed by atoms with Crippen LogP contribution in [0.3, 0.4) is 0 Å². The number of nitrogens with zero attached hydrogens (tertiary/aromatic N) is 1. The van der Waals surface area contributed by atoms with Gasteiger partial charge in [-0.25, -0.2) is 4.39 Å². The van der Waals surface area contributed by atoms with Crippen molar-refractivity contribution in [1.29, 1.82) is 0 Å². The molecule has 2 saturated heterocycles. The Morgan fingerprint density at radius 3 is 2.52 bits per heavy atom. The van der Waals surface area contributed by atoms with E-state index in [0.717, 1.165) is 25.2 Å². The van der Waals surface area contributed by atoms with E-state index in [9.17, 15) is 9.59 Å². The van der Waals surface area contributed by atoms with Crippen LogP contribution in [0.1, 0.15) is 69.9 Å². The van der Waals surface area contributed by atoms with Gasteiger partial charge in [0.15, 0.2) is 0 Å². The molecule has 1 spiro atoms. The summed E-state index contributed by atoms with van der Waals surface area (Å²) >= 11 is 12.6. The smallest absolute Gasteiger partial charge is 0.237 e. The van der Waals surface area contributed by atoms with E-state index >= 15 is 4.39 Å². The highest BCUT2D eigenvalue weighted by Crippen LogP contribution is 2.57. The summed E-state index contributed by atoms with van der Waals surface area (Å²) in [6.45, 7) is 9.69. The quantitative estimate of drug-likeness (QED) is 0.394. The Morgan fingerprint density at radius 2 is 1.85 bits per heavy atom. The Kier molecular flexibility index (Phi) is 8.49. The van der Waals surface area contributed by atoms with Gasteiger partial charge in [0.2, 0.25) is 11.8 Å². The second-order valence-electron chi connectivity index (χ2n) is 12.7. The van der Waals surface area contributed by atoms with E-state index in [1.165, 1.54) is 37.8 Å². The summed E-state index contributed by atoms with van der Waals surface area (Å²) in [5.41, 5.74) is 0.320. The Hall–Kier alpha value is -2.19. The van der Waals surface area contributed by atoms with Crippen LogP contribution in [0.25, 0.3) is 0 Å². The highest BCUT2D eigenvalue weighted by molar-refractivity contribution is 6.31. The third-order valence-electron chi connectivity index (χ3n) is 8.62. The van der Waals surface area contributed by atoms with Crippen LogP contribution in [0.2, 0.25) is 10.0 Å². The van der Waals surface area contributed by atoms with Crippen LogP contribution in [-0.4, -0.2) is 55.0 Å². The van der Waals surface area contributed by atoms with Crippen molar-refractivity contribution in [1.82, 2.24) is 15.5 Å². The van der Waals surface area contributed by atoms with Crippen LogP contribution < -0.4 is 16.0 Å². The minimum atomic E-state index is -1.24. The molecule has 9 heteroatoms. The highest BCUT2D eigenvalue weighted by atomic mass is 35.5. The summed E-state index contributed by atoms with van der Waals surface area (Å²) in [7, 11) is 0. The molecular formula is C31H39Cl2FN4O2. The minimum Gasteiger partial charge on any atom is -0.353 e. The molecule has 3 aliphatic heterocycles. The number of carbonyl (C=O) groups is 2. The highest BCUT2D eigenvalue weighted by Gasteiger charge is 2.65. The van der Waals surface area contributed by atoms with Crippen molar-refractivity contribution >= 4 is 40.7 Å². The molecule has 0 aliphatic carbocycles. The summed E-state index contributed by atoms with van der Waals surface area (Å²) in [5, 5.41) is 10.1. The van der Waals surface area contributed by atoms with E-state index in [1.54, 1.807) is 6.07 Å². The third-order valence-corrected chi connectivity index (χ3v) is 9.14. The number of hydrogen-bond acceptors (Lipinski definition) is 4. The molecule has 0 aromatic heterocycles. The Balaban J connectivity index is 1.56. The molecule has 5 rings (SSSR count). The zero-order chi connectivity index (χ0) is 28.7. The molecular weight excluding hydrogens is 550 g/mol. The molecule has 2 aromatic carbocycles. The van der Waals surface area contributed by atoms with E-state index in [0.29, 0.717) is 29.2 Å². The SMILES string of the molecule is CC(C)(C)C[C@H]1N[C@@H](C(=O)NCCN2CCCCCC2)[C@H](c2cccc(Cl)c2)[C@@]12C(=O)Nc1cc(Cl)c(F)cc12. The molecule has 0 unspecified atom stereocenters. The standard InChI is InChI=1S/C31H39Cl2FN4O2/c1-30(2,3)18-25-31(21-16-23(34)22(33)17-24(21)36-29(31)40)26(19-9-8-10-20(32)15-19)27(37-25)28(39)35-11-14-38-12-6-4-5-7-13-38/h8-10,15-17,25-27,37H,4-7,11-14,18H2,1-3H3,(H,35,39)(H,36,40)/t25-,26+,27-,31+/m1/s1. The van der Waals surface area contributed by atoms with Gasteiger partial charge >= 0.3 is 0 Å². The molecule has 216 valence electrons. The van der Waals surface area contributed by atoms with E-state index in [1.807, 2.05) is 18.2 Å². The van der Waals surface area contributed by atoms with Crippen LogP contribution in [0.5, 0.6) is 0 Å². The predicted molar refractivity (Wildman–Crippen MR) is 159 cm³/mol. The number of nitrogens with one attached hydrogen (secondary N) is 3. The van der Waals surface area contributed by atoms with Gasteiger partial charge in [-0.1, -0.05) is 68.9 Å². The number of hydrogen-bond donors (Lipinski definition) is 3. The summed E-state index contributed by atoms with van der Waals surface area (Å²) < 4.78 is 15.0. The van der Waals surface area contributed by atoms with Gasteiger partial charge in [0.1, 0.15) is 11.2 Å². The second-order valence-corrected chi connectivity index (χ2v) is 13.5. The number of carbonyl (C=O) groups excluding carboxylic acids is 2. The predicted octanol–water partition coefficient (Wildman–Crippen LogP) is 5.88. The van der Waals surface area contributed by atoms with Crippen molar-refractivity contribution < 1.29 is 14.0 Å². The lowest BCUT2D eigenvalue weighted by molar-refractivity contribution is -0.123. The molecule has 40 heavy (non-hydrogen) atoms. The number of rotatable bonds is 6. The van der Waals surface area contributed by atoms with Crippen molar-refractivity contribution in [2.75, 3.05) is 31.5 Å². The van der Waals surface area contributed by atoms with Crippen molar-refractivity contribution in [3.05, 3.63) is 63.4 Å². The molecule has 2 aromatic rings. The van der Waals surface area contributed by atoms with Crippen molar-refractivity contribution in [3.63, 3.8) is 0 Å². The second kappa shape index (κ2) is 11.6.